The Bertz CT molecular complexity index is 313. The molecule has 2 aliphatic rings. The van der Waals surface area contributed by atoms with Crippen LogP contribution in [0.25, 0.3) is 0 Å². The molecule has 1 fully saturated rings. The van der Waals surface area contributed by atoms with Gasteiger partial charge in [0.05, 0.1) is 11.7 Å². The third kappa shape index (κ3) is 2.98. The second-order valence-electron chi connectivity index (χ2n) is 5.64. The van der Waals surface area contributed by atoms with E-state index in [1.165, 1.54) is 49.7 Å². The number of epoxide rings is 1. The van der Waals surface area contributed by atoms with Gasteiger partial charge in [0, 0.05) is 0 Å². The van der Waals surface area contributed by atoms with E-state index in [2.05, 4.69) is 32.9 Å². The summed E-state index contributed by atoms with van der Waals surface area (Å²) in [5.41, 5.74) is 3.27. The lowest BCUT2D eigenvalue weighted by atomic mass is 9.95. The maximum absolute atomic E-state index is 5.83. The topological polar surface area (TPSA) is 12.5 Å². The highest BCUT2D eigenvalue weighted by molar-refractivity contribution is 5.09. The molecule has 0 bridgehead atoms. The zero-order valence-corrected chi connectivity index (χ0v) is 10.9. The Morgan fingerprint density at radius 2 is 1.75 bits per heavy atom. The van der Waals surface area contributed by atoms with Gasteiger partial charge < -0.3 is 4.74 Å². The van der Waals surface area contributed by atoms with Gasteiger partial charge in [-0.25, -0.2) is 0 Å². The highest BCUT2D eigenvalue weighted by Crippen LogP contribution is 2.43. The number of allylic oxidation sites excluding steroid dienone is 4. The van der Waals surface area contributed by atoms with Crippen LogP contribution >= 0.6 is 0 Å². The molecule has 2 rings (SSSR count). The van der Waals surface area contributed by atoms with Crippen molar-refractivity contribution in [2.75, 3.05) is 0 Å². The van der Waals surface area contributed by atoms with Crippen molar-refractivity contribution in [1.82, 2.24) is 0 Å². The van der Waals surface area contributed by atoms with Gasteiger partial charge in [-0.2, -0.15) is 0 Å². The van der Waals surface area contributed by atoms with Crippen molar-refractivity contribution in [2.24, 2.45) is 0 Å². The molecule has 0 aromatic heterocycles. The third-order valence-corrected chi connectivity index (χ3v) is 4.00. The van der Waals surface area contributed by atoms with Crippen LogP contribution in [0.2, 0.25) is 0 Å². The minimum absolute atomic E-state index is 0.192. The van der Waals surface area contributed by atoms with Gasteiger partial charge in [0.15, 0.2) is 0 Å². The lowest BCUT2D eigenvalue weighted by Crippen LogP contribution is -2.09. The fourth-order valence-corrected chi connectivity index (χ4v) is 2.56. The zero-order valence-electron chi connectivity index (χ0n) is 10.9. The second-order valence-corrected chi connectivity index (χ2v) is 5.64. The van der Waals surface area contributed by atoms with E-state index >= 15 is 0 Å². The van der Waals surface area contributed by atoms with Crippen LogP contribution in [0.5, 0.6) is 0 Å². The molecule has 16 heavy (non-hydrogen) atoms. The average Bonchev–Trinajstić information content (AvgIpc) is 2.85. The normalized spacial score (nSPS) is 42.8. The molecule has 1 aliphatic carbocycles. The molecular formula is C15H24O. The summed E-state index contributed by atoms with van der Waals surface area (Å²) in [6.07, 6.45) is 12.5. The average molecular weight is 220 g/mol. The van der Waals surface area contributed by atoms with Crippen molar-refractivity contribution >= 4 is 0 Å². The molecule has 0 aromatic rings. The molecule has 1 heteroatoms. The molecule has 0 aromatic carbocycles. The smallest absolute Gasteiger partial charge is 0.0923 e. The van der Waals surface area contributed by atoms with Gasteiger partial charge in [0.1, 0.15) is 0 Å². The summed E-state index contributed by atoms with van der Waals surface area (Å²) in [5.74, 6) is 0. The number of rotatable bonds is 0. The van der Waals surface area contributed by atoms with Crippen molar-refractivity contribution in [3.05, 3.63) is 23.3 Å². The van der Waals surface area contributed by atoms with Crippen LogP contribution in [0.4, 0.5) is 0 Å². The first-order chi connectivity index (χ1) is 7.60. The van der Waals surface area contributed by atoms with E-state index < -0.39 is 0 Å². The van der Waals surface area contributed by atoms with Crippen LogP contribution in [0.3, 0.4) is 0 Å². The van der Waals surface area contributed by atoms with Crippen LogP contribution in [0.1, 0.15) is 59.3 Å². The molecule has 1 aliphatic heterocycles. The Morgan fingerprint density at radius 1 is 1.12 bits per heavy atom. The first kappa shape index (κ1) is 11.9. The van der Waals surface area contributed by atoms with Crippen LogP contribution < -0.4 is 0 Å². The Kier molecular flexibility index (Phi) is 3.53. The molecule has 1 heterocycles. The predicted molar refractivity (Wildman–Crippen MR) is 68.5 cm³/mol. The lowest BCUT2D eigenvalue weighted by Gasteiger charge is -2.07. The first-order valence-electron chi connectivity index (χ1n) is 6.59. The van der Waals surface area contributed by atoms with Crippen LogP contribution in [-0.4, -0.2) is 11.7 Å². The summed E-state index contributed by atoms with van der Waals surface area (Å²) >= 11 is 0. The van der Waals surface area contributed by atoms with Gasteiger partial charge >= 0.3 is 0 Å². The second kappa shape index (κ2) is 4.75. The zero-order chi connectivity index (χ0) is 11.6. The molecule has 2 unspecified atom stereocenters. The van der Waals surface area contributed by atoms with Gasteiger partial charge in [-0.1, -0.05) is 23.3 Å². The molecule has 0 radical (unpaired) electrons. The van der Waals surface area contributed by atoms with Gasteiger partial charge in [-0.3, -0.25) is 0 Å². The van der Waals surface area contributed by atoms with E-state index in [9.17, 15) is 0 Å². The molecule has 0 saturated carbocycles. The molecule has 2 atom stereocenters. The van der Waals surface area contributed by atoms with Crippen LogP contribution in [-0.2, 0) is 4.74 Å². The lowest BCUT2D eigenvalue weighted by molar-refractivity contribution is 0.295. The number of hydrogen-bond acceptors (Lipinski definition) is 1. The summed E-state index contributed by atoms with van der Waals surface area (Å²) < 4.78 is 5.83. The summed E-state index contributed by atoms with van der Waals surface area (Å²) in [4.78, 5) is 0. The van der Waals surface area contributed by atoms with Gasteiger partial charge in [-0.15, -0.1) is 0 Å². The molecule has 0 spiro atoms. The summed E-state index contributed by atoms with van der Waals surface area (Å²) in [5, 5.41) is 0. The molecule has 1 saturated heterocycles. The first-order valence-corrected chi connectivity index (χ1v) is 6.59. The monoisotopic (exact) mass is 220 g/mol. The SMILES string of the molecule is C/C1=C/CCC2(C)OC2CC/C=C(\C)CC1. The van der Waals surface area contributed by atoms with Gasteiger partial charge in [0.2, 0.25) is 0 Å². The van der Waals surface area contributed by atoms with Crippen molar-refractivity contribution in [1.29, 1.82) is 0 Å². The predicted octanol–water partition coefficient (Wildman–Crippen LogP) is 4.39. The summed E-state index contributed by atoms with van der Waals surface area (Å²) in [7, 11) is 0. The molecular weight excluding hydrogens is 196 g/mol. The molecule has 90 valence electrons. The van der Waals surface area contributed by atoms with E-state index in [1.807, 2.05) is 0 Å². The minimum Gasteiger partial charge on any atom is -0.366 e. The van der Waals surface area contributed by atoms with Crippen molar-refractivity contribution < 1.29 is 4.74 Å². The standard InChI is InChI=1S/C15H24O/c1-12-6-4-8-14-15(3,16-14)11-5-7-13(2)10-9-12/h6-7,14H,4-5,8-11H2,1-3H3/b12-6+,13-7-. The Balaban J connectivity index is 1.99. The Hall–Kier alpha value is -0.560. The van der Waals surface area contributed by atoms with Crippen molar-refractivity contribution in [3.8, 4) is 0 Å². The molecule has 0 amide bonds. The number of hydrogen-bond donors (Lipinski definition) is 0. The Labute approximate surface area is 99.6 Å². The van der Waals surface area contributed by atoms with E-state index in [-0.39, 0.29) is 5.60 Å². The van der Waals surface area contributed by atoms with E-state index in [1.54, 1.807) is 0 Å². The number of ether oxygens (including phenoxy) is 1. The Morgan fingerprint density at radius 3 is 2.44 bits per heavy atom. The third-order valence-electron chi connectivity index (χ3n) is 4.00. The van der Waals surface area contributed by atoms with Gasteiger partial charge in [0.25, 0.3) is 0 Å². The van der Waals surface area contributed by atoms with Crippen LogP contribution in [0, 0.1) is 0 Å². The highest BCUT2D eigenvalue weighted by Gasteiger charge is 2.50. The maximum Gasteiger partial charge on any atom is 0.0923 e. The fourth-order valence-electron chi connectivity index (χ4n) is 2.56. The summed E-state index contributed by atoms with van der Waals surface area (Å²) in [6.45, 7) is 6.78. The molecule has 1 nitrogen and oxygen atoms in total. The van der Waals surface area contributed by atoms with Gasteiger partial charge in [-0.05, 0) is 59.3 Å². The van der Waals surface area contributed by atoms with Crippen molar-refractivity contribution in [2.45, 2.75) is 71.0 Å². The quantitative estimate of drug-likeness (QED) is 0.435. The van der Waals surface area contributed by atoms with Crippen molar-refractivity contribution in [3.63, 3.8) is 0 Å². The fraction of sp³-hybridized carbons (Fsp3) is 0.733. The summed E-state index contributed by atoms with van der Waals surface area (Å²) in [6, 6.07) is 0. The number of fused-ring (bicyclic) bond motifs is 1. The maximum atomic E-state index is 5.83. The van der Waals surface area contributed by atoms with E-state index in [0.29, 0.717) is 6.10 Å². The van der Waals surface area contributed by atoms with Crippen LogP contribution in [0.15, 0.2) is 23.3 Å². The van der Waals surface area contributed by atoms with E-state index in [0.717, 1.165) is 0 Å². The largest absolute Gasteiger partial charge is 0.366 e. The van der Waals surface area contributed by atoms with E-state index in [4.69, 9.17) is 4.74 Å². The molecule has 0 N–H and O–H groups in total. The highest BCUT2D eigenvalue weighted by atomic mass is 16.6. The minimum atomic E-state index is 0.192.